The summed E-state index contributed by atoms with van der Waals surface area (Å²) in [6.45, 7) is 10.6. The Morgan fingerprint density at radius 2 is 1.93 bits per heavy atom. The predicted molar refractivity (Wildman–Crippen MR) is 129 cm³/mol. The molecule has 2 aromatic heterocycles. The van der Waals surface area contributed by atoms with E-state index in [1.807, 2.05) is 61.7 Å². The van der Waals surface area contributed by atoms with E-state index < -0.39 is 0 Å². The SMILES string of the molecule is CC.Cc1cc([C@@H]2SC[C@H](C)Nc3c2c(-c2ccccn2)nn3C)c(C)cc1Br. The van der Waals surface area contributed by atoms with Gasteiger partial charge in [-0.15, -0.1) is 11.8 Å². The lowest BCUT2D eigenvalue weighted by atomic mass is 9.96. The normalized spacial score (nSPS) is 18.2. The molecule has 0 saturated carbocycles. The van der Waals surface area contributed by atoms with Crippen LogP contribution in [-0.2, 0) is 7.05 Å². The minimum absolute atomic E-state index is 0.218. The van der Waals surface area contributed by atoms with Crippen LogP contribution < -0.4 is 5.32 Å². The molecule has 3 aromatic rings. The summed E-state index contributed by atoms with van der Waals surface area (Å²) in [6, 6.07) is 10.9. The van der Waals surface area contributed by atoms with Crippen molar-refractivity contribution in [1.29, 1.82) is 0 Å². The molecule has 29 heavy (non-hydrogen) atoms. The fourth-order valence-electron chi connectivity index (χ4n) is 3.58. The summed E-state index contributed by atoms with van der Waals surface area (Å²) in [5.41, 5.74) is 7.01. The molecular formula is C23H29BrN4S. The molecule has 4 nitrogen and oxygen atoms in total. The van der Waals surface area contributed by atoms with Crippen LogP contribution in [0.4, 0.5) is 5.82 Å². The van der Waals surface area contributed by atoms with Gasteiger partial charge in [-0.25, -0.2) is 0 Å². The topological polar surface area (TPSA) is 42.7 Å². The second-order valence-electron chi connectivity index (χ2n) is 7.17. The maximum atomic E-state index is 4.85. The monoisotopic (exact) mass is 472 g/mol. The van der Waals surface area contributed by atoms with Crippen LogP contribution in [0, 0.1) is 13.8 Å². The molecule has 0 fully saturated rings. The van der Waals surface area contributed by atoms with Gasteiger partial charge in [-0.05, 0) is 55.7 Å². The highest BCUT2D eigenvalue weighted by atomic mass is 79.9. The highest BCUT2D eigenvalue weighted by Gasteiger charge is 2.32. The third kappa shape index (κ3) is 4.38. The molecule has 6 heteroatoms. The van der Waals surface area contributed by atoms with Crippen molar-refractivity contribution in [3.8, 4) is 11.4 Å². The molecule has 0 spiro atoms. The number of pyridine rings is 1. The fourth-order valence-corrected chi connectivity index (χ4v) is 5.43. The Labute approximate surface area is 186 Å². The number of benzene rings is 1. The van der Waals surface area contributed by atoms with Crippen LogP contribution in [0.3, 0.4) is 0 Å². The number of fused-ring (bicyclic) bond motifs is 1. The summed E-state index contributed by atoms with van der Waals surface area (Å²) in [5, 5.41) is 8.74. The van der Waals surface area contributed by atoms with Crippen molar-refractivity contribution in [2.45, 2.75) is 45.9 Å². The van der Waals surface area contributed by atoms with Gasteiger partial charge in [0.2, 0.25) is 0 Å². The van der Waals surface area contributed by atoms with E-state index in [-0.39, 0.29) is 5.25 Å². The first-order valence-electron chi connectivity index (χ1n) is 10.1. The van der Waals surface area contributed by atoms with E-state index >= 15 is 0 Å². The summed E-state index contributed by atoms with van der Waals surface area (Å²) < 4.78 is 3.13. The van der Waals surface area contributed by atoms with Crippen LogP contribution in [0.15, 0.2) is 41.0 Å². The summed E-state index contributed by atoms with van der Waals surface area (Å²) in [4.78, 5) is 4.58. The molecule has 0 saturated heterocycles. The van der Waals surface area contributed by atoms with Gasteiger partial charge in [-0.1, -0.05) is 41.9 Å². The van der Waals surface area contributed by atoms with Gasteiger partial charge in [-0.3, -0.25) is 9.67 Å². The third-order valence-corrected chi connectivity index (χ3v) is 7.35. The average Bonchev–Trinajstić information content (AvgIpc) is 2.93. The Kier molecular flexibility index (Phi) is 7.06. The van der Waals surface area contributed by atoms with Gasteiger partial charge in [0.05, 0.1) is 10.9 Å². The Morgan fingerprint density at radius 1 is 1.17 bits per heavy atom. The molecule has 4 rings (SSSR count). The second-order valence-corrected chi connectivity index (χ2v) is 9.16. The Hall–Kier alpha value is -1.79. The predicted octanol–water partition coefficient (Wildman–Crippen LogP) is 6.52. The van der Waals surface area contributed by atoms with Crippen molar-refractivity contribution in [3.63, 3.8) is 0 Å². The number of aromatic nitrogens is 3. The largest absolute Gasteiger partial charge is 0.367 e. The van der Waals surface area contributed by atoms with E-state index in [9.17, 15) is 0 Å². The van der Waals surface area contributed by atoms with E-state index in [4.69, 9.17) is 5.10 Å². The molecule has 1 aromatic carbocycles. The Bertz CT molecular complexity index is 984. The first kappa shape index (κ1) is 21.9. The van der Waals surface area contributed by atoms with E-state index in [0.717, 1.165) is 27.4 Å². The quantitative estimate of drug-likeness (QED) is 0.460. The van der Waals surface area contributed by atoms with E-state index in [1.54, 1.807) is 0 Å². The molecule has 0 amide bonds. The van der Waals surface area contributed by atoms with Crippen LogP contribution in [-0.4, -0.2) is 26.6 Å². The maximum Gasteiger partial charge on any atom is 0.129 e. The van der Waals surface area contributed by atoms with Gasteiger partial charge in [0.25, 0.3) is 0 Å². The summed E-state index contributed by atoms with van der Waals surface area (Å²) in [5.74, 6) is 2.13. The zero-order valence-electron chi connectivity index (χ0n) is 18.0. The van der Waals surface area contributed by atoms with Gasteiger partial charge < -0.3 is 5.32 Å². The molecule has 0 aliphatic carbocycles. The number of hydrogen-bond acceptors (Lipinski definition) is 4. The number of hydrogen-bond donors (Lipinski definition) is 1. The minimum atomic E-state index is 0.218. The van der Waals surface area contributed by atoms with E-state index in [2.05, 4.69) is 59.1 Å². The summed E-state index contributed by atoms with van der Waals surface area (Å²) in [7, 11) is 2.01. The van der Waals surface area contributed by atoms with Gasteiger partial charge in [0.1, 0.15) is 11.5 Å². The van der Waals surface area contributed by atoms with Crippen molar-refractivity contribution in [2.75, 3.05) is 11.1 Å². The zero-order valence-corrected chi connectivity index (χ0v) is 20.4. The van der Waals surface area contributed by atoms with E-state index in [0.29, 0.717) is 6.04 Å². The molecule has 0 radical (unpaired) electrons. The smallest absolute Gasteiger partial charge is 0.129 e. The molecule has 1 aliphatic heterocycles. The molecule has 0 unspecified atom stereocenters. The molecule has 0 bridgehead atoms. The van der Waals surface area contributed by atoms with Crippen LogP contribution in [0.5, 0.6) is 0 Å². The van der Waals surface area contributed by atoms with Gasteiger partial charge in [0.15, 0.2) is 0 Å². The standard InChI is InChI=1S/C21H23BrN4S.C2H6/c1-12-10-16(22)13(2)9-15(12)20-18-19(17-7-5-6-8-23-17)25-26(4)21(18)24-14(3)11-27-20;1-2/h5-10,14,20,24H,11H2,1-4H3;1-2H3/t14-,20-;/m0./s1. The fraction of sp³-hybridized carbons (Fsp3) is 0.391. The lowest BCUT2D eigenvalue weighted by molar-refractivity contribution is 0.757. The zero-order chi connectivity index (χ0) is 21.1. The van der Waals surface area contributed by atoms with Crippen molar-refractivity contribution in [2.24, 2.45) is 7.05 Å². The van der Waals surface area contributed by atoms with Gasteiger partial charge >= 0.3 is 0 Å². The van der Waals surface area contributed by atoms with Crippen LogP contribution in [0.25, 0.3) is 11.4 Å². The Balaban J connectivity index is 0.00000117. The molecule has 3 heterocycles. The first-order chi connectivity index (χ1) is 14.0. The number of thioether (sulfide) groups is 1. The minimum Gasteiger partial charge on any atom is -0.367 e. The third-order valence-electron chi connectivity index (χ3n) is 4.98. The Morgan fingerprint density at radius 3 is 2.62 bits per heavy atom. The van der Waals surface area contributed by atoms with Crippen LogP contribution >= 0.6 is 27.7 Å². The van der Waals surface area contributed by atoms with Crippen LogP contribution in [0.1, 0.15) is 48.3 Å². The average molecular weight is 473 g/mol. The lowest BCUT2D eigenvalue weighted by Gasteiger charge is -2.20. The summed E-state index contributed by atoms with van der Waals surface area (Å²) >= 11 is 5.65. The highest BCUT2D eigenvalue weighted by molar-refractivity contribution is 9.10. The molecular weight excluding hydrogens is 444 g/mol. The number of aryl methyl sites for hydroxylation is 3. The number of nitrogens with one attached hydrogen (secondary N) is 1. The molecule has 154 valence electrons. The number of nitrogens with zero attached hydrogens (tertiary/aromatic N) is 3. The molecule has 1 N–H and O–H groups in total. The second kappa shape index (κ2) is 9.35. The maximum absolute atomic E-state index is 4.85. The molecule has 2 atom stereocenters. The highest BCUT2D eigenvalue weighted by Crippen LogP contribution is 2.47. The summed E-state index contributed by atoms with van der Waals surface area (Å²) in [6.07, 6.45) is 1.83. The van der Waals surface area contributed by atoms with Crippen molar-refractivity contribution >= 4 is 33.5 Å². The van der Waals surface area contributed by atoms with Crippen molar-refractivity contribution in [3.05, 3.63) is 63.3 Å². The van der Waals surface area contributed by atoms with Gasteiger partial charge in [-0.2, -0.15) is 5.10 Å². The molecule has 1 aliphatic rings. The number of halogens is 1. The first-order valence-corrected chi connectivity index (χ1v) is 11.9. The van der Waals surface area contributed by atoms with E-state index in [1.165, 1.54) is 22.3 Å². The number of rotatable bonds is 2. The number of anilines is 1. The van der Waals surface area contributed by atoms with Crippen molar-refractivity contribution in [1.82, 2.24) is 14.8 Å². The van der Waals surface area contributed by atoms with Gasteiger partial charge in [0, 0.05) is 35.1 Å². The van der Waals surface area contributed by atoms with Crippen molar-refractivity contribution < 1.29 is 0 Å². The lowest BCUT2D eigenvalue weighted by Crippen LogP contribution is -2.18. The van der Waals surface area contributed by atoms with Crippen LogP contribution in [0.2, 0.25) is 0 Å².